The lowest BCUT2D eigenvalue weighted by Gasteiger charge is -2.55. The maximum atomic E-state index is 13.1. The molecule has 152 valence electrons. The van der Waals surface area contributed by atoms with E-state index in [1.54, 1.807) is 0 Å². The number of nitrogens with zero attached hydrogens (tertiary/aromatic N) is 1. The van der Waals surface area contributed by atoms with Crippen molar-refractivity contribution in [2.75, 3.05) is 6.61 Å². The number of esters is 1. The van der Waals surface area contributed by atoms with Gasteiger partial charge in [0.1, 0.15) is 0 Å². The molecule has 1 heterocycles. The lowest BCUT2D eigenvalue weighted by molar-refractivity contribution is -0.147. The Labute approximate surface area is 172 Å². The number of hydrogen-bond donors (Lipinski definition) is 0. The van der Waals surface area contributed by atoms with E-state index < -0.39 is 5.97 Å². The Morgan fingerprint density at radius 3 is 2.17 bits per heavy atom. The maximum Gasteiger partial charge on any atom is 0.340 e. The summed E-state index contributed by atoms with van der Waals surface area (Å²) in [5.74, 6) is 1.90. The molecule has 6 rings (SSSR count). The van der Waals surface area contributed by atoms with Crippen molar-refractivity contribution < 1.29 is 14.3 Å². The first-order chi connectivity index (χ1) is 13.9. The Kier molecular flexibility index (Phi) is 4.41. The number of carbonyl (C=O) groups excluding carboxylic acids is 2. The number of Topliss-reactive ketones (excluding diaryl/α,β-unsaturated/α-hetero) is 1. The lowest BCUT2D eigenvalue weighted by atomic mass is 9.48. The molecule has 0 spiro atoms. The highest BCUT2D eigenvalue weighted by molar-refractivity contribution is 5.94. The summed E-state index contributed by atoms with van der Waals surface area (Å²) in [7, 11) is 0. The van der Waals surface area contributed by atoms with Gasteiger partial charge in [0.2, 0.25) is 0 Å². The van der Waals surface area contributed by atoms with E-state index in [4.69, 9.17) is 4.74 Å². The number of ketones is 1. The van der Waals surface area contributed by atoms with Crippen LogP contribution >= 0.6 is 0 Å². The van der Waals surface area contributed by atoms with Crippen LogP contribution in [0.1, 0.15) is 60.3 Å². The van der Waals surface area contributed by atoms with E-state index in [2.05, 4.69) is 4.57 Å². The van der Waals surface area contributed by atoms with E-state index in [1.165, 1.54) is 19.3 Å². The molecule has 1 aromatic carbocycles. The van der Waals surface area contributed by atoms with E-state index in [9.17, 15) is 9.59 Å². The largest absolute Gasteiger partial charge is 0.454 e. The van der Waals surface area contributed by atoms with Crippen molar-refractivity contribution in [3.05, 3.63) is 53.3 Å². The van der Waals surface area contributed by atoms with E-state index in [-0.39, 0.29) is 17.8 Å². The predicted molar refractivity (Wildman–Crippen MR) is 111 cm³/mol. The van der Waals surface area contributed by atoms with Crippen LogP contribution in [0.4, 0.5) is 0 Å². The van der Waals surface area contributed by atoms with Crippen molar-refractivity contribution in [3.8, 4) is 5.69 Å². The summed E-state index contributed by atoms with van der Waals surface area (Å²) in [6.07, 6.45) is 6.95. The zero-order valence-corrected chi connectivity index (χ0v) is 17.3. The number of rotatable bonds is 5. The van der Waals surface area contributed by atoms with E-state index in [1.807, 2.05) is 50.2 Å². The highest BCUT2D eigenvalue weighted by atomic mass is 16.5. The van der Waals surface area contributed by atoms with E-state index in [0.29, 0.717) is 23.3 Å². The van der Waals surface area contributed by atoms with Gasteiger partial charge in [0.05, 0.1) is 5.56 Å². The second kappa shape index (κ2) is 6.86. The topological polar surface area (TPSA) is 48.3 Å². The quantitative estimate of drug-likeness (QED) is 0.671. The molecular formula is C25H29NO3. The van der Waals surface area contributed by atoms with Crippen molar-refractivity contribution in [2.45, 2.75) is 52.4 Å². The van der Waals surface area contributed by atoms with Crippen molar-refractivity contribution in [1.29, 1.82) is 0 Å². The van der Waals surface area contributed by atoms with Crippen molar-refractivity contribution in [2.24, 2.45) is 23.2 Å². The molecule has 1 aromatic heterocycles. The van der Waals surface area contributed by atoms with Gasteiger partial charge in [-0.2, -0.15) is 0 Å². The molecular weight excluding hydrogens is 362 g/mol. The maximum absolute atomic E-state index is 13.1. The molecule has 4 nitrogen and oxygen atoms in total. The number of aryl methyl sites for hydroxylation is 1. The fourth-order valence-corrected chi connectivity index (χ4v) is 6.76. The summed E-state index contributed by atoms with van der Waals surface area (Å²) in [5, 5.41) is 0. The number of ether oxygens (including phenoxy) is 1. The Hall–Kier alpha value is -2.36. The molecule has 4 aliphatic rings. The van der Waals surface area contributed by atoms with Gasteiger partial charge in [-0.25, -0.2) is 4.79 Å². The first-order valence-electron chi connectivity index (χ1n) is 10.9. The Morgan fingerprint density at radius 2 is 1.59 bits per heavy atom. The third-order valence-corrected chi connectivity index (χ3v) is 7.63. The van der Waals surface area contributed by atoms with E-state index in [0.717, 1.165) is 36.3 Å². The van der Waals surface area contributed by atoms with Crippen LogP contribution < -0.4 is 0 Å². The Bertz CT molecular complexity index is 921. The summed E-state index contributed by atoms with van der Waals surface area (Å²) >= 11 is 0. The average Bonchev–Trinajstić information content (AvgIpc) is 2.99. The van der Waals surface area contributed by atoms with Crippen molar-refractivity contribution in [1.82, 2.24) is 4.57 Å². The number of aromatic nitrogens is 1. The molecule has 29 heavy (non-hydrogen) atoms. The van der Waals surface area contributed by atoms with Gasteiger partial charge < -0.3 is 9.30 Å². The van der Waals surface area contributed by atoms with Crippen molar-refractivity contribution in [3.63, 3.8) is 0 Å². The van der Waals surface area contributed by atoms with Crippen LogP contribution in [0.2, 0.25) is 0 Å². The Morgan fingerprint density at radius 1 is 1.00 bits per heavy atom. The van der Waals surface area contributed by atoms with Crippen LogP contribution in [-0.4, -0.2) is 22.9 Å². The molecule has 0 saturated heterocycles. The summed E-state index contributed by atoms with van der Waals surface area (Å²) in [6.45, 7) is 3.83. The SMILES string of the molecule is Cc1cc(C(=O)OCC(=O)C23CC4CC(CC(C4)C2)C3)c(C)n1-c1ccccc1. The highest BCUT2D eigenvalue weighted by Gasteiger charge is 2.54. The van der Waals surface area contributed by atoms with Gasteiger partial charge >= 0.3 is 5.97 Å². The molecule has 4 saturated carbocycles. The van der Waals surface area contributed by atoms with Crippen LogP contribution in [0.3, 0.4) is 0 Å². The fraction of sp³-hybridized carbons (Fsp3) is 0.520. The first kappa shape index (κ1) is 18.7. The van der Waals surface area contributed by atoms with Crippen LogP contribution in [-0.2, 0) is 9.53 Å². The summed E-state index contributed by atoms with van der Waals surface area (Å²) in [4.78, 5) is 25.9. The first-order valence-corrected chi connectivity index (χ1v) is 10.9. The predicted octanol–water partition coefficient (Wildman–Crippen LogP) is 5.04. The minimum atomic E-state index is -0.390. The minimum absolute atomic E-state index is 0.0833. The zero-order chi connectivity index (χ0) is 20.2. The molecule has 4 bridgehead atoms. The highest BCUT2D eigenvalue weighted by Crippen LogP contribution is 2.60. The van der Waals surface area contributed by atoms with Gasteiger partial charge in [-0.05, 0) is 88.3 Å². The van der Waals surface area contributed by atoms with Gasteiger partial charge in [0.15, 0.2) is 12.4 Å². The van der Waals surface area contributed by atoms with Crippen molar-refractivity contribution >= 4 is 11.8 Å². The molecule has 0 atom stereocenters. The van der Waals surface area contributed by atoms with Crippen LogP contribution in [0, 0.1) is 37.0 Å². The third-order valence-electron chi connectivity index (χ3n) is 7.63. The molecule has 4 fully saturated rings. The molecule has 0 aliphatic heterocycles. The number of para-hydroxylation sites is 1. The molecule has 0 radical (unpaired) electrons. The van der Waals surface area contributed by atoms with Gasteiger partial charge in [-0.1, -0.05) is 18.2 Å². The number of carbonyl (C=O) groups is 2. The molecule has 4 aliphatic carbocycles. The summed E-state index contributed by atoms with van der Waals surface area (Å²) in [5.41, 5.74) is 3.18. The van der Waals surface area contributed by atoms with Crippen LogP contribution in [0.5, 0.6) is 0 Å². The zero-order valence-electron chi connectivity index (χ0n) is 17.3. The standard InChI is InChI=1S/C25H29NO3/c1-16-8-22(17(2)26(16)21-6-4-3-5-7-21)24(28)29-15-23(27)25-12-18-9-19(13-25)11-20(10-18)14-25/h3-8,18-20H,9-15H2,1-2H3. The molecule has 2 aromatic rings. The Balaban J connectivity index is 1.30. The van der Waals surface area contributed by atoms with Crippen LogP contribution in [0.15, 0.2) is 36.4 Å². The van der Waals surface area contributed by atoms with Gasteiger partial charge in [-0.3, -0.25) is 4.79 Å². The monoisotopic (exact) mass is 391 g/mol. The second-order valence-corrected chi connectivity index (χ2v) is 9.65. The number of hydrogen-bond acceptors (Lipinski definition) is 3. The van der Waals surface area contributed by atoms with Crippen LogP contribution in [0.25, 0.3) is 5.69 Å². The van der Waals surface area contributed by atoms with Gasteiger partial charge in [0, 0.05) is 22.5 Å². The molecule has 0 amide bonds. The third kappa shape index (κ3) is 3.13. The molecule has 0 N–H and O–H groups in total. The minimum Gasteiger partial charge on any atom is -0.454 e. The number of benzene rings is 1. The average molecular weight is 392 g/mol. The van der Waals surface area contributed by atoms with E-state index >= 15 is 0 Å². The van der Waals surface area contributed by atoms with Gasteiger partial charge in [-0.15, -0.1) is 0 Å². The summed E-state index contributed by atoms with van der Waals surface area (Å²) in [6, 6.07) is 11.8. The fourth-order valence-electron chi connectivity index (χ4n) is 6.76. The molecule has 4 heteroatoms. The summed E-state index contributed by atoms with van der Waals surface area (Å²) < 4.78 is 7.62. The normalized spacial score (nSPS) is 29.8. The lowest BCUT2D eigenvalue weighted by Crippen LogP contribution is -2.51. The van der Waals surface area contributed by atoms with Gasteiger partial charge in [0.25, 0.3) is 0 Å². The molecule has 0 unspecified atom stereocenters. The smallest absolute Gasteiger partial charge is 0.340 e. The second-order valence-electron chi connectivity index (χ2n) is 9.65.